The van der Waals surface area contributed by atoms with Crippen molar-refractivity contribution in [1.29, 1.82) is 0 Å². The van der Waals surface area contributed by atoms with Crippen LogP contribution >= 0.6 is 0 Å². The van der Waals surface area contributed by atoms with Crippen molar-refractivity contribution >= 4 is 22.8 Å². The Bertz CT molecular complexity index is 1280. The summed E-state index contributed by atoms with van der Waals surface area (Å²) in [5.74, 6) is -0.600. The predicted octanol–water partition coefficient (Wildman–Crippen LogP) is 4.71. The van der Waals surface area contributed by atoms with Crippen LogP contribution in [-0.4, -0.2) is 34.7 Å². The minimum Gasteiger partial charge on any atom is -0.497 e. The topological polar surface area (TPSA) is 78.3 Å². The number of amides is 1. The zero-order chi connectivity index (χ0) is 22.9. The number of benzene rings is 2. The molecule has 10 heteroatoms. The third-order valence-corrected chi connectivity index (χ3v) is 4.71. The van der Waals surface area contributed by atoms with Gasteiger partial charge in [0.1, 0.15) is 17.3 Å². The molecule has 1 N–H and O–H groups in total. The van der Waals surface area contributed by atoms with Crippen molar-refractivity contribution in [3.63, 3.8) is 0 Å². The summed E-state index contributed by atoms with van der Waals surface area (Å²) in [6.45, 7) is 0. The molecule has 1 amide bonds. The lowest BCUT2D eigenvalue weighted by Gasteiger charge is -2.12. The molecule has 2 aromatic carbocycles. The van der Waals surface area contributed by atoms with E-state index in [2.05, 4.69) is 15.3 Å². The monoisotopic (exact) mass is 442 g/mol. The number of nitrogens with one attached hydrogen (secondary N) is 1. The third-order valence-electron chi connectivity index (χ3n) is 4.71. The Morgan fingerprint density at radius 3 is 2.47 bits per heavy atom. The smallest absolute Gasteiger partial charge is 0.450 e. The van der Waals surface area contributed by atoms with Gasteiger partial charge in [-0.05, 0) is 36.4 Å². The minimum atomic E-state index is -4.69. The molecule has 4 rings (SSSR count). The normalized spacial score (nSPS) is 11.4. The molecule has 0 fully saturated rings. The highest BCUT2D eigenvalue weighted by atomic mass is 19.4. The molecule has 32 heavy (non-hydrogen) atoms. The Hall–Kier alpha value is -4.08. The fourth-order valence-corrected chi connectivity index (χ4v) is 3.25. The van der Waals surface area contributed by atoms with Crippen LogP contribution < -0.4 is 14.8 Å². The van der Waals surface area contributed by atoms with Crippen molar-refractivity contribution in [3.8, 4) is 17.2 Å². The highest BCUT2D eigenvalue weighted by Crippen LogP contribution is 2.34. The van der Waals surface area contributed by atoms with Gasteiger partial charge in [-0.15, -0.1) is 0 Å². The van der Waals surface area contributed by atoms with Crippen LogP contribution in [0.5, 0.6) is 11.5 Å². The average Bonchev–Trinajstić information content (AvgIpc) is 3.18. The first-order valence-electron chi connectivity index (χ1n) is 9.36. The van der Waals surface area contributed by atoms with Gasteiger partial charge in [-0.2, -0.15) is 13.2 Å². The fourth-order valence-electron chi connectivity index (χ4n) is 3.25. The lowest BCUT2D eigenvalue weighted by atomic mass is 10.2. The van der Waals surface area contributed by atoms with E-state index in [0.29, 0.717) is 17.1 Å². The number of nitrogens with zero attached hydrogens (tertiary/aromatic N) is 3. The molecule has 0 aliphatic carbocycles. The van der Waals surface area contributed by atoms with Crippen LogP contribution in [0.1, 0.15) is 16.2 Å². The number of anilines is 1. The average molecular weight is 442 g/mol. The zero-order valence-corrected chi connectivity index (χ0v) is 17.0. The summed E-state index contributed by atoms with van der Waals surface area (Å²) < 4.78 is 52.2. The fraction of sp³-hybridized carbons (Fsp3) is 0.136. The van der Waals surface area contributed by atoms with E-state index in [0.717, 1.165) is 4.57 Å². The number of ether oxygens (including phenoxy) is 2. The van der Waals surface area contributed by atoms with Crippen molar-refractivity contribution in [2.75, 3.05) is 19.5 Å². The first-order chi connectivity index (χ1) is 15.3. The molecule has 0 saturated heterocycles. The quantitative estimate of drug-likeness (QED) is 0.484. The number of carbonyl (C=O) groups is 1. The Balaban J connectivity index is 1.69. The maximum absolute atomic E-state index is 13.7. The molecule has 0 unspecified atom stereocenters. The van der Waals surface area contributed by atoms with Crippen LogP contribution in [0.3, 0.4) is 0 Å². The second-order valence-corrected chi connectivity index (χ2v) is 6.68. The van der Waals surface area contributed by atoms with Gasteiger partial charge in [-0.3, -0.25) is 9.36 Å². The highest BCUT2D eigenvalue weighted by molar-refractivity contribution is 6.05. The molecule has 164 valence electrons. The number of imidazole rings is 1. The molecule has 0 aliphatic rings. The number of carbonyl (C=O) groups excluding carboxylic acids is 1. The van der Waals surface area contributed by atoms with E-state index < -0.39 is 17.9 Å². The molecule has 0 saturated carbocycles. The molecular weight excluding hydrogens is 425 g/mol. The van der Waals surface area contributed by atoms with E-state index in [9.17, 15) is 18.0 Å². The zero-order valence-electron chi connectivity index (χ0n) is 17.0. The van der Waals surface area contributed by atoms with Gasteiger partial charge in [0, 0.05) is 6.07 Å². The number of methoxy groups -OCH3 is 2. The number of fused-ring (bicyclic) bond motifs is 1. The maximum Gasteiger partial charge on any atom is 0.450 e. The Kier molecular flexibility index (Phi) is 5.43. The van der Waals surface area contributed by atoms with Gasteiger partial charge < -0.3 is 14.8 Å². The second kappa shape index (κ2) is 8.22. The van der Waals surface area contributed by atoms with Gasteiger partial charge in [-0.25, -0.2) is 9.97 Å². The van der Waals surface area contributed by atoms with Crippen molar-refractivity contribution in [2.45, 2.75) is 6.18 Å². The number of hydrogen-bond donors (Lipinski definition) is 1. The van der Waals surface area contributed by atoms with E-state index in [1.54, 1.807) is 30.3 Å². The lowest BCUT2D eigenvalue weighted by Crippen LogP contribution is -2.15. The van der Waals surface area contributed by atoms with Gasteiger partial charge in [0.05, 0.1) is 42.7 Å². The summed E-state index contributed by atoms with van der Waals surface area (Å²) in [5.41, 5.74) is 0.811. The van der Waals surface area contributed by atoms with Crippen LogP contribution in [0.4, 0.5) is 19.0 Å². The highest BCUT2D eigenvalue weighted by Gasteiger charge is 2.38. The summed E-state index contributed by atoms with van der Waals surface area (Å²) in [7, 11) is 2.87. The first-order valence-corrected chi connectivity index (χ1v) is 9.36. The van der Waals surface area contributed by atoms with E-state index >= 15 is 0 Å². The molecule has 0 aliphatic heterocycles. The Morgan fingerprint density at radius 1 is 1.03 bits per heavy atom. The van der Waals surface area contributed by atoms with Crippen molar-refractivity contribution in [1.82, 2.24) is 14.5 Å². The number of aromatic nitrogens is 3. The van der Waals surface area contributed by atoms with Gasteiger partial charge in [0.2, 0.25) is 5.82 Å². The van der Waals surface area contributed by atoms with E-state index in [-0.39, 0.29) is 22.5 Å². The third kappa shape index (κ3) is 3.94. The largest absolute Gasteiger partial charge is 0.497 e. The standard InChI is InChI=1S/C22H17F3N4O3/c1-31-14-8-9-17-16(11-14)27-21(22(23,24)25)29(17)13-7-10-19(26-12-13)28-20(30)15-5-3-4-6-18(15)32-2/h3-12H,1-2H3,(H,26,28,30). The van der Waals surface area contributed by atoms with Crippen LogP contribution in [-0.2, 0) is 6.18 Å². The molecule has 7 nitrogen and oxygen atoms in total. The number of para-hydroxylation sites is 1. The molecule has 0 atom stereocenters. The molecule has 4 aromatic rings. The summed E-state index contributed by atoms with van der Waals surface area (Å²) in [6, 6.07) is 14.0. The van der Waals surface area contributed by atoms with Gasteiger partial charge in [0.25, 0.3) is 5.91 Å². The van der Waals surface area contributed by atoms with E-state index in [1.807, 2.05) is 0 Å². The first kappa shape index (κ1) is 21.2. The molecule has 0 radical (unpaired) electrons. The summed E-state index contributed by atoms with van der Waals surface area (Å²) in [6.07, 6.45) is -3.46. The second-order valence-electron chi connectivity index (χ2n) is 6.68. The Morgan fingerprint density at radius 2 is 1.81 bits per heavy atom. The molecular formula is C22H17F3N4O3. The number of rotatable bonds is 5. The molecule has 2 heterocycles. The van der Waals surface area contributed by atoms with E-state index in [1.165, 1.54) is 44.7 Å². The molecule has 2 aromatic heterocycles. The number of hydrogen-bond acceptors (Lipinski definition) is 5. The van der Waals surface area contributed by atoms with Gasteiger partial charge >= 0.3 is 6.18 Å². The van der Waals surface area contributed by atoms with Crippen molar-refractivity contribution in [2.24, 2.45) is 0 Å². The number of pyridine rings is 1. The molecule has 0 bridgehead atoms. The molecule has 0 spiro atoms. The van der Waals surface area contributed by atoms with Crippen LogP contribution in [0.25, 0.3) is 16.7 Å². The summed E-state index contributed by atoms with van der Waals surface area (Å²) >= 11 is 0. The number of halogens is 3. The van der Waals surface area contributed by atoms with Gasteiger partial charge in [-0.1, -0.05) is 12.1 Å². The van der Waals surface area contributed by atoms with Crippen molar-refractivity contribution in [3.05, 3.63) is 72.2 Å². The lowest BCUT2D eigenvalue weighted by molar-refractivity contribution is -0.145. The SMILES string of the molecule is COc1ccc2c(c1)nc(C(F)(F)F)n2-c1ccc(NC(=O)c2ccccc2OC)nc1. The predicted molar refractivity (Wildman–Crippen MR) is 111 cm³/mol. The maximum atomic E-state index is 13.7. The van der Waals surface area contributed by atoms with Crippen LogP contribution in [0, 0.1) is 0 Å². The van der Waals surface area contributed by atoms with Crippen LogP contribution in [0.2, 0.25) is 0 Å². The minimum absolute atomic E-state index is 0.130. The summed E-state index contributed by atoms with van der Waals surface area (Å²) in [4.78, 5) is 20.4. The number of alkyl halides is 3. The van der Waals surface area contributed by atoms with Gasteiger partial charge in [0.15, 0.2) is 0 Å². The van der Waals surface area contributed by atoms with Crippen LogP contribution in [0.15, 0.2) is 60.8 Å². The van der Waals surface area contributed by atoms with E-state index in [4.69, 9.17) is 9.47 Å². The Labute approximate surface area is 180 Å². The summed E-state index contributed by atoms with van der Waals surface area (Å²) in [5, 5.41) is 2.61. The van der Waals surface area contributed by atoms with Crippen molar-refractivity contribution < 1.29 is 27.4 Å².